The fourth-order valence-corrected chi connectivity index (χ4v) is 5.94. The number of methoxy groups -OCH3 is 1. The molecule has 4 aromatic rings. The molecule has 5 rings (SSSR count). The van der Waals surface area contributed by atoms with Crippen molar-refractivity contribution in [2.24, 2.45) is 18.9 Å². The quantitative estimate of drug-likeness (QED) is 0.233. The van der Waals surface area contributed by atoms with Crippen LogP contribution in [-0.4, -0.2) is 7.11 Å². The van der Waals surface area contributed by atoms with E-state index >= 15 is 0 Å². The van der Waals surface area contributed by atoms with E-state index in [1.807, 2.05) is 0 Å². The van der Waals surface area contributed by atoms with Gasteiger partial charge >= 0.3 is 0 Å². The van der Waals surface area contributed by atoms with Gasteiger partial charge in [-0.15, -0.1) is 0 Å². The lowest BCUT2D eigenvalue weighted by Gasteiger charge is -2.16. The topological polar surface area (TPSA) is 13.1 Å². The molecule has 0 aliphatic heterocycles. The molecule has 0 spiro atoms. The fraction of sp³-hybridized carbons (Fsp3) is 0.364. The summed E-state index contributed by atoms with van der Waals surface area (Å²) in [6.07, 6.45) is 4.39. The first-order valence-corrected chi connectivity index (χ1v) is 13.0. The first-order chi connectivity index (χ1) is 16.8. The average Bonchev–Trinajstić information content (AvgIpc) is 2.90. The molecule has 0 unspecified atom stereocenters. The van der Waals surface area contributed by atoms with Crippen LogP contribution in [0.5, 0.6) is 0 Å². The second kappa shape index (κ2) is 9.24. The minimum atomic E-state index is 0.599. The minimum Gasteiger partial charge on any atom is -0.380 e. The molecule has 1 heterocycles. The van der Waals surface area contributed by atoms with Crippen LogP contribution >= 0.6 is 0 Å². The van der Waals surface area contributed by atoms with Gasteiger partial charge in [0.1, 0.15) is 7.05 Å². The van der Waals surface area contributed by atoms with E-state index in [0.717, 1.165) is 12.8 Å². The maximum Gasteiger partial charge on any atom is 0.221 e. The largest absolute Gasteiger partial charge is 0.380 e. The highest BCUT2D eigenvalue weighted by molar-refractivity contribution is 6.12. The molecule has 2 heteroatoms. The van der Waals surface area contributed by atoms with Gasteiger partial charge in [0.25, 0.3) is 0 Å². The molecule has 0 fully saturated rings. The van der Waals surface area contributed by atoms with Gasteiger partial charge in [0.2, 0.25) is 5.69 Å². The van der Waals surface area contributed by atoms with Crippen LogP contribution in [0.3, 0.4) is 0 Å². The molecule has 2 nitrogen and oxygen atoms in total. The monoisotopic (exact) mass is 464 g/mol. The van der Waals surface area contributed by atoms with Crippen molar-refractivity contribution in [1.82, 2.24) is 0 Å². The molecule has 0 radical (unpaired) electrons. The standard InChI is InChI=1S/C33H38NO/c1-20(2)12-23-8-9-27-28(17-23)29-15-22(5)14-26(19-35-7)32(29)33-31-25(10-11-34(33)6)16-24(13-21(3)4)18-30(27)31/h8-11,14-18,20-21H,12-13,19H2,1-7H3/q+1. The van der Waals surface area contributed by atoms with Gasteiger partial charge in [-0.05, 0) is 75.9 Å². The van der Waals surface area contributed by atoms with Gasteiger partial charge in [0.15, 0.2) is 6.20 Å². The van der Waals surface area contributed by atoms with Crippen molar-refractivity contribution in [2.45, 2.75) is 54.1 Å². The van der Waals surface area contributed by atoms with E-state index in [0.29, 0.717) is 18.4 Å². The van der Waals surface area contributed by atoms with Crippen molar-refractivity contribution in [3.05, 3.63) is 77.0 Å². The third-order valence-electron chi connectivity index (χ3n) is 7.15. The van der Waals surface area contributed by atoms with Crippen LogP contribution in [0.4, 0.5) is 0 Å². The van der Waals surface area contributed by atoms with Crippen molar-refractivity contribution >= 4 is 10.8 Å². The lowest BCUT2D eigenvalue weighted by atomic mass is 9.88. The number of fused-ring (bicyclic) bond motifs is 5. The summed E-state index contributed by atoms with van der Waals surface area (Å²) in [5, 5.41) is 2.67. The summed E-state index contributed by atoms with van der Waals surface area (Å²) in [7, 11) is 3.98. The summed E-state index contributed by atoms with van der Waals surface area (Å²) in [5.41, 5.74) is 13.3. The van der Waals surface area contributed by atoms with Crippen LogP contribution in [0.15, 0.2) is 54.7 Å². The molecular formula is C33H38NO+. The summed E-state index contributed by atoms with van der Waals surface area (Å²) in [6, 6.07) is 19.0. The maximum atomic E-state index is 5.73. The Bertz CT molecular complexity index is 1430. The van der Waals surface area contributed by atoms with E-state index in [1.165, 1.54) is 66.5 Å². The lowest BCUT2D eigenvalue weighted by molar-refractivity contribution is -0.659. The molecule has 35 heavy (non-hydrogen) atoms. The Balaban J connectivity index is 1.96. The van der Waals surface area contributed by atoms with Crippen LogP contribution in [0.1, 0.15) is 49.9 Å². The number of hydrogen-bond acceptors (Lipinski definition) is 1. The fourth-order valence-electron chi connectivity index (χ4n) is 5.94. The van der Waals surface area contributed by atoms with Crippen LogP contribution in [0, 0.1) is 18.8 Å². The Kier molecular flexibility index (Phi) is 6.27. The Labute approximate surface area is 210 Å². The van der Waals surface area contributed by atoms with Gasteiger partial charge in [-0.3, -0.25) is 0 Å². The van der Waals surface area contributed by atoms with Crippen LogP contribution in [-0.2, 0) is 31.2 Å². The second-order valence-corrected chi connectivity index (χ2v) is 11.2. The molecule has 1 aliphatic carbocycles. The van der Waals surface area contributed by atoms with E-state index in [9.17, 15) is 0 Å². The number of aryl methyl sites for hydroxylation is 2. The molecule has 0 atom stereocenters. The van der Waals surface area contributed by atoms with Gasteiger partial charge in [-0.25, -0.2) is 4.57 Å². The minimum absolute atomic E-state index is 0.599. The molecule has 3 aromatic carbocycles. The molecule has 0 saturated carbocycles. The molecule has 0 saturated heterocycles. The highest BCUT2D eigenvalue weighted by Crippen LogP contribution is 2.48. The maximum absolute atomic E-state index is 5.73. The lowest BCUT2D eigenvalue weighted by Crippen LogP contribution is -2.31. The van der Waals surface area contributed by atoms with E-state index in [1.54, 1.807) is 7.11 Å². The summed E-state index contributed by atoms with van der Waals surface area (Å²) < 4.78 is 8.04. The Morgan fingerprint density at radius 1 is 0.771 bits per heavy atom. The van der Waals surface area contributed by atoms with Crippen LogP contribution in [0.25, 0.3) is 44.3 Å². The number of aromatic nitrogens is 1. The summed E-state index contributed by atoms with van der Waals surface area (Å²) >= 11 is 0. The van der Waals surface area contributed by atoms with Gasteiger partial charge < -0.3 is 4.74 Å². The predicted molar refractivity (Wildman–Crippen MR) is 148 cm³/mol. The van der Waals surface area contributed by atoms with E-state index < -0.39 is 0 Å². The van der Waals surface area contributed by atoms with Crippen molar-refractivity contribution in [3.63, 3.8) is 0 Å². The number of ether oxygens (including phenoxy) is 1. The summed E-state index contributed by atoms with van der Waals surface area (Å²) in [5.74, 6) is 1.24. The first kappa shape index (κ1) is 23.8. The number of hydrogen-bond donors (Lipinski definition) is 0. The molecular weight excluding hydrogens is 426 g/mol. The van der Waals surface area contributed by atoms with Crippen molar-refractivity contribution in [1.29, 1.82) is 0 Å². The highest BCUT2D eigenvalue weighted by Gasteiger charge is 2.30. The van der Waals surface area contributed by atoms with Crippen molar-refractivity contribution in [2.75, 3.05) is 7.11 Å². The number of rotatable bonds is 6. The average molecular weight is 465 g/mol. The Morgan fingerprint density at radius 3 is 2.20 bits per heavy atom. The third-order valence-corrected chi connectivity index (χ3v) is 7.15. The van der Waals surface area contributed by atoms with E-state index in [-0.39, 0.29) is 0 Å². The Morgan fingerprint density at radius 2 is 1.49 bits per heavy atom. The van der Waals surface area contributed by atoms with Gasteiger partial charge in [-0.1, -0.05) is 75.7 Å². The highest BCUT2D eigenvalue weighted by atomic mass is 16.5. The summed E-state index contributed by atoms with van der Waals surface area (Å²) in [4.78, 5) is 0. The molecule has 180 valence electrons. The molecule has 0 bridgehead atoms. The predicted octanol–water partition coefficient (Wildman–Crippen LogP) is 7.83. The number of pyridine rings is 1. The smallest absolute Gasteiger partial charge is 0.221 e. The second-order valence-electron chi connectivity index (χ2n) is 11.2. The summed E-state index contributed by atoms with van der Waals surface area (Å²) in [6.45, 7) is 12.0. The molecule has 1 aliphatic rings. The zero-order chi connectivity index (χ0) is 24.9. The number of benzene rings is 3. The van der Waals surface area contributed by atoms with E-state index in [2.05, 4.69) is 101 Å². The van der Waals surface area contributed by atoms with Crippen LogP contribution < -0.4 is 4.57 Å². The van der Waals surface area contributed by atoms with Crippen molar-refractivity contribution < 1.29 is 9.30 Å². The SMILES string of the molecule is COCc1cc(C)cc2c1-c1c3c(cc(CC(C)C)cc3cc[n+]1C)-c1ccc(CC(C)C)cc1-2. The van der Waals surface area contributed by atoms with Gasteiger partial charge in [0.05, 0.1) is 17.6 Å². The zero-order valence-corrected chi connectivity index (χ0v) is 22.3. The van der Waals surface area contributed by atoms with Gasteiger partial charge in [-0.2, -0.15) is 0 Å². The molecule has 0 amide bonds. The third kappa shape index (κ3) is 4.29. The van der Waals surface area contributed by atoms with E-state index in [4.69, 9.17) is 4.74 Å². The van der Waals surface area contributed by atoms with Gasteiger partial charge in [0, 0.05) is 13.2 Å². The first-order valence-electron chi connectivity index (χ1n) is 13.0. The number of nitrogens with zero attached hydrogens (tertiary/aromatic N) is 1. The molecule has 0 N–H and O–H groups in total. The molecule has 1 aromatic heterocycles. The zero-order valence-electron chi connectivity index (χ0n) is 22.3. The normalized spacial score (nSPS) is 12.3. The van der Waals surface area contributed by atoms with Crippen molar-refractivity contribution in [3.8, 4) is 33.5 Å². The van der Waals surface area contributed by atoms with Crippen LogP contribution in [0.2, 0.25) is 0 Å². The Hall–Kier alpha value is -2.97.